The van der Waals surface area contributed by atoms with Gasteiger partial charge in [0.15, 0.2) is 0 Å². The van der Waals surface area contributed by atoms with Crippen molar-refractivity contribution in [3.05, 3.63) is 24.2 Å². The molecule has 0 radical (unpaired) electrons. The number of furan rings is 1. The van der Waals surface area contributed by atoms with Crippen LogP contribution in [-0.2, 0) is 4.79 Å². The monoisotopic (exact) mass is 292 g/mol. The van der Waals surface area contributed by atoms with Crippen molar-refractivity contribution < 1.29 is 14.0 Å². The zero-order valence-electron chi connectivity index (χ0n) is 12.4. The molecule has 1 heterocycles. The van der Waals surface area contributed by atoms with Gasteiger partial charge in [-0.25, -0.2) is 0 Å². The topological polar surface area (TPSA) is 71.3 Å². The number of amides is 2. The number of hydrogen-bond acceptors (Lipinski definition) is 3. The van der Waals surface area contributed by atoms with Gasteiger partial charge in [0.2, 0.25) is 5.91 Å². The Morgan fingerprint density at radius 2 is 1.86 bits per heavy atom. The molecule has 0 bridgehead atoms. The molecule has 0 atom stereocenters. The van der Waals surface area contributed by atoms with E-state index in [4.69, 9.17) is 4.42 Å². The number of rotatable bonds is 5. The van der Waals surface area contributed by atoms with Gasteiger partial charge in [-0.05, 0) is 18.9 Å². The van der Waals surface area contributed by atoms with Gasteiger partial charge in [-0.1, -0.05) is 32.1 Å². The van der Waals surface area contributed by atoms with E-state index >= 15 is 0 Å². The lowest BCUT2D eigenvalue weighted by Gasteiger charge is -2.21. The molecule has 116 valence electrons. The van der Waals surface area contributed by atoms with Crippen LogP contribution in [0.25, 0.3) is 0 Å². The Labute approximate surface area is 125 Å². The van der Waals surface area contributed by atoms with Crippen molar-refractivity contribution in [2.45, 2.75) is 57.4 Å². The molecule has 1 aliphatic rings. The van der Waals surface area contributed by atoms with E-state index in [2.05, 4.69) is 10.6 Å². The number of nitrogens with one attached hydrogen (secondary N) is 2. The number of carbonyl (C=O) groups excluding carboxylic acids is 2. The molecule has 0 saturated heterocycles. The quantitative estimate of drug-likeness (QED) is 0.876. The first-order valence-electron chi connectivity index (χ1n) is 7.85. The van der Waals surface area contributed by atoms with Crippen molar-refractivity contribution in [3.8, 4) is 0 Å². The fourth-order valence-electron chi connectivity index (χ4n) is 2.69. The molecular formula is C16H24N2O3. The van der Waals surface area contributed by atoms with Crippen LogP contribution in [0.5, 0.6) is 0 Å². The first-order chi connectivity index (χ1) is 10.3. The van der Waals surface area contributed by atoms with E-state index in [-0.39, 0.29) is 11.8 Å². The van der Waals surface area contributed by atoms with Gasteiger partial charge in [-0.2, -0.15) is 0 Å². The van der Waals surface area contributed by atoms with Crippen LogP contribution in [0.3, 0.4) is 0 Å². The molecule has 0 aromatic carbocycles. The SMILES string of the molecule is O=C(CCNC(=O)c1ccoc1)NC1CCCCCCC1. The summed E-state index contributed by atoms with van der Waals surface area (Å²) in [4.78, 5) is 23.6. The maximum Gasteiger partial charge on any atom is 0.254 e. The highest BCUT2D eigenvalue weighted by atomic mass is 16.3. The molecule has 5 heteroatoms. The van der Waals surface area contributed by atoms with Crippen LogP contribution in [0, 0.1) is 0 Å². The summed E-state index contributed by atoms with van der Waals surface area (Å²) in [7, 11) is 0. The molecule has 1 saturated carbocycles. The Hall–Kier alpha value is -1.78. The Morgan fingerprint density at radius 1 is 1.14 bits per heavy atom. The van der Waals surface area contributed by atoms with Gasteiger partial charge in [-0.3, -0.25) is 9.59 Å². The van der Waals surface area contributed by atoms with E-state index in [1.165, 1.54) is 44.6 Å². The van der Waals surface area contributed by atoms with Crippen LogP contribution in [-0.4, -0.2) is 24.4 Å². The second-order valence-electron chi connectivity index (χ2n) is 5.63. The zero-order chi connectivity index (χ0) is 14.9. The minimum absolute atomic E-state index is 0.0214. The average molecular weight is 292 g/mol. The van der Waals surface area contributed by atoms with Gasteiger partial charge in [0, 0.05) is 19.0 Å². The van der Waals surface area contributed by atoms with E-state index in [9.17, 15) is 9.59 Å². The van der Waals surface area contributed by atoms with Crippen LogP contribution in [0.1, 0.15) is 61.7 Å². The van der Waals surface area contributed by atoms with Crippen molar-refractivity contribution in [1.82, 2.24) is 10.6 Å². The Kier molecular flexibility index (Phi) is 6.31. The second kappa shape index (κ2) is 8.49. The van der Waals surface area contributed by atoms with Crippen LogP contribution in [0.4, 0.5) is 0 Å². The third-order valence-corrected chi connectivity index (χ3v) is 3.89. The summed E-state index contributed by atoms with van der Waals surface area (Å²) in [5.74, 6) is -0.185. The van der Waals surface area contributed by atoms with E-state index in [0.717, 1.165) is 12.8 Å². The van der Waals surface area contributed by atoms with Crippen molar-refractivity contribution in [1.29, 1.82) is 0 Å². The standard InChI is InChI=1S/C16H24N2O3/c19-15(18-14-6-4-2-1-3-5-7-14)8-10-17-16(20)13-9-11-21-12-13/h9,11-12,14H,1-8,10H2,(H,17,20)(H,18,19). The molecule has 0 unspecified atom stereocenters. The van der Waals surface area contributed by atoms with E-state index in [1.54, 1.807) is 6.07 Å². The zero-order valence-corrected chi connectivity index (χ0v) is 12.4. The summed E-state index contributed by atoms with van der Waals surface area (Å²) in [6.07, 6.45) is 11.6. The minimum atomic E-state index is -0.206. The van der Waals surface area contributed by atoms with Crippen LogP contribution in [0.15, 0.2) is 23.0 Å². The molecule has 1 aliphatic carbocycles. The van der Waals surface area contributed by atoms with Crippen molar-refractivity contribution in [2.75, 3.05) is 6.54 Å². The molecule has 1 fully saturated rings. The van der Waals surface area contributed by atoms with Crippen molar-refractivity contribution in [3.63, 3.8) is 0 Å². The molecule has 2 N–H and O–H groups in total. The molecule has 1 aromatic heterocycles. The lowest BCUT2D eigenvalue weighted by molar-refractivity contribution is -0.121. The van der Waals surface area contributed by atoms with E-state index in [0.29, 0.717) is 24.6 Å². The van der Waals surface area contributed by atoms with Gasteiger partial charge >= 0.3 is 0 Å². The highest BCUT2D eigenvalue weighted by Gasteiger charge is 2.14. The summed E-state index contributed by atoms with van der Waals surface area (Å²) >= 11 is 0. The maximum absolute atomic E-state index is 11.9. The van der Waals surface area contributed by atoms with Crippen LogP contribution >= 0.6 is 0 Å². The molecule has 5 nitrogen and oxygen atoms in total. The molecule has 21 heavy (non-hydrogen) atoms. The molecule has 0 spiro atoms. The number of hydrogen-bond donors (Lipinski definition) is 2. The Balaban J connectivity index is 1.63. The van der Waals surface area contributed by atoms with E-state index < -0.39 is 0 Å². The van der Waals surface area contributed by atoms with Gasteiger partial charge in [0.05, 0.1) is 11.8 Å². The highest BCUT2D eigenvalue weighted by Crippen LogP contribution is 2.17. The van der Waals surface area contributed by atoms with Crippen LogP contribution in [0.2, 0.25) is 0 Å². The second-order valence-corrected chi connectivity index (χ2v) is 5.63. The highest BCUT2D eigenvalue weighted by molar-refractivity contribution is 5.94. The lowest BCUT2D eigenvalue weighted by atomic mass is 9.96. The normalized spacial score (nSPS) is 16.8. The summed E-state index contributed by atoms with van der Waals surface area (Å²) in [5.41, 5.74) is 0.482. The van der Waals surface area contributed by atoms with Gasteiger partial charge in [0.25, 0.3) is 5.91 Å². The molecule has 1 aromatic rings. The average Bonchev–Trinajstić information content (AvgIpc) is 2.95. The summed E-state index contributed by atoms with van der Waals surface area (Å²) in [6, 6.07) is 1.91. The molecule has 2 amide bonds. The summed E-state index contributed by atoms with van der Waals surface area (Å²) in [6.45, 7) is 0.350. The van der Waals surface area contributed by atoms with Crippen LogP contribution < -0.4 is 10.6 Å². The first-order valence-corrected chi connectivity index (χ1v) is 7.85. The minimum Gasteiger partial charge on any atom is -0.472 e. The van der Waals surface area contributed by atoms with E-state index in [1.807, 2.05) is 0 Å². The Morgan fingerprint density at radius 3 is 2.52 bits per heavy atom. The summed E-state index contributed by atoms with van der Waals surface area (Å²) < 4.78 is 4.85. The van der Waals surface area contributed by atoms with Crippen molar-refractivity contribution >= 4 is 11.8 Å². The Bertz CT molecular complexity index is 434. The molecule has 2 rings (SSSR count). The number of carbonyl (C=O) groups is 2. The molecular weight excluding hydrogens is 268 g/mol. The fraction of sp³-hybridized carbons (Fsp3) is 0.625. The summed E-state index contributed by atoms with van der Waals surface area (Å²) in [5, 5.41) is 5.80. The molecule has 0 aliphatic heterocycles. The smallest absolute Gasteiger partial charge is 0.254 e. The predicted octanol–water partition coefficient (Wildman–Crippen LogP) is 2.63. The maximum atomic E-state index is 11.9. The third kappa shape index (κ3) is 5.61. The predicted molar refractivity (Wildman–Crippen MR) is 79.9 cm³/mol. The van der Waals surface area contributed by atoms with Crippen molar-refractivity contribution in [2.24, 2.45) is 0 Å². The van der Waals surface area contributed by atoms with Gasteiger partial charge in [0.1, 0.15) is 6.26 Å². The fourth-order valence-corrected chi connectivity index (χ4v) is 2.69. The van der Waals surface area contributed by atoms with Gasteiger partial charge < -0.3 is 15.1 Å². The largest absolute Gasteiger partial charge is 0.472 e. The third-order valence-electron chi connectivity index (χ3n) is 3.89. The first kappa shape index (κ1) is 15.6. The van der Waals surface area contributed by atoms with Gasteiger partial charge in [-0.15, -0.1) is 0 Å². The lowest BCUT2D eigenvalue weighted by Crippen LogP contribution is -2.37.